The lowest BCUT2D eigenvalue weighted by Crippen LogP contribution is -2.51. The molecule has 0 aromatic heterocycles. The maximum Gasteiger partial charge on any atom is 0.329 e. The molecule has 21 heavy (non-hydrogen) atoms. The molecule has 1 fully saturated rings. The first-order chi connectivity index (χ1) is 10.2. The fourth-order valence-electron chi connectivity index (χ4n) is 3.18. The molecule has 112 valence electrons. The van der Waals surface area contributed by atoms with Crippen LogP contribution in [0.15, 0.2) is 24.3 Å². The molecule has 0 spiro atoms. The van der Waals surface area contributed by atoms with Crippen molar-refractivity contribution in [3.8, 4) is 0 Å². The first-order valence-corrected chi connectivity index (χ1v) is 7.46. The predicted octanol–water partition coefficient (Wildman–Crippen LogP) is 2.20. The van der Waals surface area contributed by atoms with Crippen molar-refractivity contribution in [2.75, 3.05) is 25.1 Å². The number of methoxy groups -OCH3 is 1. The number of esters is 1. The Bertz CT molecular complexity index is 552. The van der Waals surface area contributed by atoms with Crippen LogP contribution in [-0.4, -0.2) is 43.1 Å². The van der Waals surface area contributed by atoms with Gasteiger partial charge in [0.1, 0.15) is 6.04 Å². The molecule has 0 saturated carbocycles. The molecular weight excluding hydrogens is 268 g/mol. The lowest BCUT2D eigenvalue weighted by molar-refractivity contribution is -0.141. The van der Waals surface area contributed by atoms with Crippen molar-refractivity contribution in [1.82, 2.24) is 4.90 Å². The summed E-state index contributed by atoms with van der Waals surface area (Å²) < 4.78 is 4.88. The smallest absolute Gasteiger partial charge is 0.329 e. The van der Waals surface area contributed by atoms with E-state index in [4.69, 9.17) is 4.74 Å². The summed E-state index contributed by atoms with van der Waals surface area (Å²) in [5, 5.41) is 0. The van der Waals surface area contributed by atoms with Crippen LogP contribution < -0.4 is 4.90 Å². The summed E-state index contributed by atoms with van der Waals surface area (Å²) >= 11 is 0. The first-order valence-electron chi connectivity index (χ1n) is 7.46. The van der Waals surface area contributed by atoms with Crippen molar-refractivity contribution in [1.29, 1.82) is 0 Å². The van der Waals surface area contributed by atoms with Crippen molar-refractivity contribution < 1.29 is 14.3 Å². The number of carbonyl (C=O) groups is 2. The number of rotatable bonds is 1. The molecule has 0 aliphatic carbocycles. The Morgan fingerprint density at radius 2 is 1.86 bits per heavy atom. The second-order valence-electron chi connectivity index (χ2n) is 5.57. The lowest BCUT2D eigenvalue weighted by Gasteiger charge is -2.33. The molecule has 5 nitrogen and oxygen atoms in total. The van der Waals surface area contributed by atoms with Gasteiger partial charge >= 0.3 is 12.0 Å². The third-order valence-electron chi connectivity index (χ3n) is 4.28. The number of urea groups is 1. The molecule has 0 bridgehead atoms. The van der Waals surface area contributed by atoms with E-state index < -0.39 is 6.04 Å². The Kier molecular flexibility index (Phi) is 3.82. The number of fused-ring (bicyclic) bond motifs is 1. The number of piperidine rings is 1. The number of hydrogen-bond donors (Lipinski definition) is 0. The van der Waals surface area contributed by atoms with Crippen LogP contribution in [0.4, 0.5) is 10.5 Å². The Morgan fingerprint density at radius 1 is 1.14 bits per heavy atom. The number of likely N-dealkylation sites (tertiary alicyclic amines) is 1. The zero-order valence-corrected chi connectivity index (χ0v) is 12.2. The summed E-state index contributed by atoms with van der Waals surface area (Å²) in [6, 6.07) is 7.09. The normalized spacial score (nSPS) is 21.1. The van der Waals surface area contributed by atoms with Gasteiger partial charge in [-0.15, -0.1) is 0 Å². The second kappa shape index (κ2) is 5.76. The quantitative estimate of drug-likeness (QED) is 0.744. The summed E-state index contributed by atoms with van der Waals surface area (Å²) in [4.78, 5) is 28.3. The molecule has 1 atom stereocenters. The van der Waals surface area contributed by atoms with Gasteiger partial charge < -0.3 is 9.64 Å². The third-order valence-corrected chi connectivity index (χ3v) is 4.28. The third kappa shape index (κ3) is 2.48. The number of ether oxygens (including phenoxy) is 1. The molecule has 2 aliphatic heterocycles. The number of anilines is 1. The fraction of sp³-hybridized carbons (Fsp3) is 0.500. The van der Waals surface area contributed by atoms with Crippen LogP contribution in [0.25, 0.3) is 0 Å². The largest absolute Gasteiger partial charge is 0.467 e. The average molecular weight is 288 g/mol. The molecule has 2 aliphatic rings. The standard InChI is InChI=1S/C16H20N2O3/c1-21-15(19)14-11-12-7-3-4-8-13(12)18(14)16(20)17-9-5-2-6-10-17/h3-4,7-8,14H,2,5-6,9-11H2,1H3/t14-/m1/s1. The van der Waals surface area contributed by atoms with Gasteiger partial charge in [0.05, 0.1) is 7.11 Å². The van der Waals surface area contributed by atoms with Crippen molar-refractivity contribution in [3.05, 3.63) is 29.8 Å². The molecule has 5 heteroatoms. The van der Waals surface area contributed by atoms with Crippen molar-refractivity contribution in [2.24, 2.45) is 0 Å². The van der Waals surface area contributed by atoms with Crippen LogP contribution >= 0.6 is 0 Å². The van der Waals surface area contributed by atoms with Crippen molar-refractivity contribution in [2.45, 2.75) is 31.7 Å². The van der Waals surface area contributed by atoms with E-state index in [0.717, 1.165) is 37.2 Å². The van der Waals surface area contributed by atoms with Crippen molar-refractivity contribution in [3.63, 3.8) is 0 Å². The Morgan fingerprint density at radius 3 is 2.57 bits per heavy atom. The van der Waals surface area contributed by atoms with E-state index in [2.05, 4.69) is 0 Å². The predicted molar refractivity (Wildman–Crippen MR) is 79.2 cm³/mol. The molecule has 2 amide bonds. The maximum absolute atomic E-state index is 12.8. The summed E-state index contributed by atoms with van der Waals surface area (Å²) in [5.74, 6) is -0.350. The fourth-order valence-corrected chi connectivity index (χ4v) is 3.18. The topological polar surface area (TPSA) is 49.9 Å². The van der Waals surface area contributed by atoms with Gasteiger partial charge in [-0.1, -0.05) is 18.2 Å². The lowest BCUT2D eigenvalue weighted by atomic mass is 10.1. The average Bonchev–Trinajstić information content (AvgIpc) is 2.93. The first kappa shape index (κ1) is 13.9. The molecule has 1 saturated heterocycles. The van der Waals surface area contributed by atoms with Gasteiger partial charge in [0.25, 0.3) is 0 Å². The van der Waals surface area contributed by atoms with E-state index >= 15 is 0 Å². The van der Waals surface area contributed by atoms with Crippen LogP contribution in [0.5, 0.6) is 0 Å². The number of nitrogens with zero attached hydrogens (tertiary/aromatic N) is 2. The molecule has 0 unspecified atom stereocenters. The Hall–Kier alpha value is -2.04. The molecule has 0 radical (unpaired) electrons. The van der Waals surface area contributed by atoms with Gasteiger partial charge in [-0.05, 0) is 30.9 Å². The van der Waals surface area contributed by atoms with Gasteiger partial charge in [0.2, 0.25) is 0 Å². The van der Waals surface area contributed by atoms with E-state index in [-0.39, 0.29) is 12.0 Å². The SMILES string of the molecule is COC(=O)[C@H]1Cc2ccccc2N1C(=O)N1CCCCC1. The number of para-hydroxylation sites is 1. The minimum absolute atomic E-state index is 0.0740. The molecule has 2 heterocycles. The number of carbonyl (C=O) groups excluding carboxylic acids is 2. The zero-order chi connectivity index (χ0) is 14.8. The number of hydrogen-bond acceptors (Lipinski definition) is 3. The van der Waals surface area contributed by atoms with Gasteiger partial charge in [-0.2, -0.15) is 0 Å². The van der Waals surface area contributed by atoms with E-state index in [9.17, 15) is 9.59 Å². The van der Waals surface area contributed by atoms with Crippen LogP contribution in [-0.2, 0) is 16.0 Å². The summed E-state index contributed by atoms with van der Waals surface area (Å²) in [5.41, 5.74) is 1.86. The summed E-state index contributed by atoms with van der Waals surface area (Å²) in [7, 11) is 1.37. The highest BCUT2D eigenvalue weighted by Gasteiger charge is 2.40. The van der Waals surface area contributed by atoms with E-state index in [1.54, 1.807) is 4.90 Å². The second-order valence-corrected chi connectivity index (χ2v) is 5.57. The molecule has 3 rings (SSSR count). The molecular formula is C16H20N2O3. The highest BCUT2D eigenvalue weighted by Crippen LogP contribution is 2.33. The Balaban J connectivity index is 1.91. The van der Waals surface area contributed by atoms with Crippen LogP contribution in [0.2, 0.25) is 0 Å². The van der Waals surface area contributed by atoms with E-state index in [0.29, 0.717) is 6.42 Å². The van der Waals surface area contributed by atoms with Gasteiger partial charge in [0.15, 0.2) is 0 Å². The highest BCUT2D eigenvalue weighted by atomic mass is 16.5. The van der Waals surface area contributed by atoms with Gasteiger partial charge in [-0.25, -0.2) is 9.59 Å². The highest BCUT2D eigenvalue weighted by molar-refractivity contribution is 6.01. The van der Waals surface area contributed by atoms with E-state index in [1.165, 1.54) is 13.5 Å². The van der Waals surface area contributed by atoms with Crippen LogP contribution in [0.3, 0.4) is 0 Å². The van der Waals surface area contributed by atoms with E-state index in [1.807, 2.05) is 29.2 Å². The summed E-state index contributed by atoms with van der Waals surface area (Å²) in [6.07, 6.45) is 3.76. The molecule has 0 N–H and O–H groups in total. The molecule has 1 aromatic rings. The van der Waals surface area contributed by atoms with Gasteiger partial charge in [0, 0.05) is 25.2 Å². The summed E-state index contributed by atoms with van der Waals surface area (Å²) in [6.45, 7) is 1.54. The molecule has 1 aromatic carbocycles. The van der Waals surface area contributed by atoms with Crippen molar-refractivity contribution >= 4 is 17.7 Å². The van der Waals surface area contributed by atoms with Gasteiger partial charge in [-0.3, -0.25) is 4.90 Å². The monoisotopic (exact) mass is 288 g/mol. The van der Waals surface area contributed by atoms with Crippen LogP contribution in [0, 0.1) is 0 Å². The number of amides is 2. The maximum atomic E-state index is 12.8. The van der Waals surface area contributed by atoms with Crippen LogP contribution in [0.1, 0.15) is 24.8 Å². The Labute approximate surface area is 124 Å². The minimum atomic E-state index is -0.540. The minimum Gasteiger partial charge on any atom is -0.467 e. The number of benzene rings is 1. The zero-order valence-electron chi connectivity index (χ0n) is 12.2.